The minimum Gasteiger partial charge on any atom is -0.465 e. The van der Waals surface area contributed by atoms with E-state index in [1.54, 1.807) is 11.1 Å². The van der Waals surface area contributed by atoms with Gasteiger partial charge in [-0.25, -0.2) is 9.78 Å². The third kappa shape index (κ3) is 5.56. The molecular formula is C20H29N5O3S. The molecule has 2 aromatic heterocycles. The van der Waals surface area contributed by atoms with E-state index >= 15 is 0 Å². The van der Waals surface area contributed by atoms with E-state index in [9.17, 15) is 14.7 Å². The van der Waals surface area contributed by atoms with Crippen molar-refractivity contribution in [3.8, 4) is 0 Å². The van der Waals surface area contributed by atoms with Crippen molar-refractivity contribution < 1.29 is 14.7 Å². The molecule has 2 amide bonds. The molecule has 0 aliphatic heterocycles. The second-order valence-electron chi connectivity index (χ2n) is 7.89. The van der Waals surface area contributed by atoms with Crippen LogP contribution in [0.1, 0.15) is 61.0 Å². The zero-order chi connectivity index (χ0) is 21.0. The van der Waals surface area contributed by atoms with Crippen molar-refractivity contribution in [2.24, 2.45) is 5.92 Å². The lowest BCUT2D eigenvalue weighted by molar-refractivity contribution is -0.115. The number of nitrogens with zero attached hydrogens (tertiary/aromatic N) is 3. The zero-order valence-corrected chi connectivity index (χ0v) is 18.0. The molecule has 29 heavy (non-hydrogen) atoms. The molecule has 0 aromatic carbocycles. The molecule has 2 heterocycles. The Balaban J connectivity index is 1.56. The molecule has 9 heteroatoms. The number of aryl methyl sites for hydroxylation is 1. The summed E-state index contributed by atoms with van der Waals surface area (Å²) in [5, 5.41) is 20.6. The third-order valence-corrected chi connectivity index (χ3v) is 6.52. The topological polar surface area (TPSA) is 111 Å². The largest absolute Gasteiger partial charge is 0.465 e. The number of hydrogen-bond donors (Lipinski definition) is 3. The normalized spacial score (nSPS) is 19.8. The summed E-state index contributed by atoms with van der Waals surface area (Å²) in [6, 6.07) is 1.89. The Morgan fingerprint density at radius 1 is 1.45 bits per heavy atom. The summed E-state index contributed by atoms with van der Waals surface area (Å²) in [6.07, 6.45) is 4.66. The third-order valence-electron chi connectivity index (χ3n) is 5.61. The van der Waals surface area contributed by atoms with Crippen molar-refractivity contribution in [3.63, 3.8) is 0 Å². The van der Waals surface area contributed by atoms with Gasteiger partial charge in [0.05, 0.1) is 11.4 Å². The summed E-state index contributed by atoms with van der Waals surface area (Å²) in [7, 11) is 0. The summed E-state index contributed by atoms with van der Waals surface area (Å²) < 4.78 is 0. The van der Waals surface area contributed by atoms with E-state index in [0.717, 1.165) is 41.3 Å². The molecule has 0 bridgehead atoms. The molecule has 1 saturated carbocycles. The number of thiazole rings is 1. The molecular weight excluding hydrogens is 390 g/mol. The highest BCUT2D eigenvalue weighted by molar-refractivity contribution is 7.11. The predicted molar refractivity (Wildman–Crippen MR) is 112 cm³/mol. The van der Waals surface area contributed by atoms with Gasteiger partial charge in [0, 0.05) is 41.3 Å². The number of rotatable bonds is 8. The van der Waals surface area contributed by atoms with Gasteiger partial charge >= 0.3 is 6.09 Å². The molecule has 2 aromatic rings. The Bertz CT molecular complexity index is 849. The van der Waals surface area contributed by atoms with Crippen molar-refractivity contribution in [1.82, 2.24) is 20.1 Å². The lowest BCUT2D eigenvalue weighted by atomic mass is 10.0. The Morgan fingerprint density at radius 2 is 2.24 bits per heavy atom. The van der Waals surface area contributed by atoms with Crippen LogP contribution in [0.2, 0.25) is 0 Å². The summed E-state index contributed by atoms with van der Waals surface area (Å²) in [5.41, 5.74) is 0.949. The predicted octanol–water partition coefficient (Wildman–Crippen LogP) is 4.02. The van der Waals surface area contributed by atoms with Crippen LogP contribution in [-0.4, -0.2) is 49.8 Å². The van der Waals surface area contributed by atoms with Crippen molar-refractivity contribution >= 4 is 29.2 Å². The van der Waals surface area contributed by atoms with Crippen molar-refractivity contribution in [1.29, 1.82) is 0 Å². The average molecular weight is 420 g/mol. The Kier molecular flexibility index (Phi) is 6.89. The number of aromatic amines is 1. The van der Waals surface area contributed by atoms with Gasteiger partial charge in [-0.15, -0.1) is 11.3 Å². The van der Waals surface area contributed by atoms with Gasteiger partial charge in [0.2, 0.25) is 5.91 Å². The Hall–Kier alpha value is -2.42. The Labute approximate surface area is 174 Å². The van der Waals surface area contributed by atoms with Gasteiger partial charge in [-0.1, -0.05) is 20.3 Å². The maximum Gasteiger partial charge on any atom is 0.407 e. The van der Waals surface area contributed by atoms with Crippen molar-refractivity contribution in [3.05, 3.63) is 27.8 Å². The lowest BCUT2D eigenvalue weighted by Crippen LogP contribution is -2.40. The first-order chi connectivity index (χ1) is 13.9. The van der Waals surface area contributed by atoms with Crippen molar-refractivity contribution in [2.75, 3.05) is 11.9 Å². The first-order valence-electron chi connectivity index (χ1n) is 10.1. The summed E-state index contributed by atoms with van der Waals surface area (Å²) in [4.78, 5) is 30.6. The van der Waals surface area contributed by atoms with Gasteiger partial charge in [0.1, 0.15) is 0 Å². The molecule has 3 N–H and O–H groups in total. The number of aromatic nitrogens is 3. The monoisotopic (exact) mass is 419 g/mol. The van der Waals surface area contributed by atoms with Crippen LogP contribution in [0.25, 0.3) is 0 Å². The SMILES string of the molecule is CCC(C)CN(C(=O)O)[C@@H]1CC[C@H](c2cc(NC(=O)Cc3cnc(C)s3)n[nH]2)C1. The lowest BCUT2D eigenvalue weighted by Gasteiger charge is -2.28. The molecule has 158 valence electrons. The molecule has 0 radical (unpaired) electrons. The molecule has 8 nitrogen and oxygen atoms in total. The van der Waals surface area contributed by atoms with E-state index in [-0.39, 0.29) is 24.3 Å². The van der Waals surface area contributed by atoms with Gasteiger partial charge in [-0.05, 0) is 32.1 Å². The quantitative estimate of drug-likeness (QED) is 0.598. The van der Waals surface area contributed by atoms with E-state index in [0.29, 0.717) is 18.3 Å². The molecule has 1 fully saturated rings. The average Bonchev–Trinajstić information content (AvgIpc) is 3.40. The Morgan fingerprint density at radius 3 is 2.90 bits per heavy atom. The molecule has 0 saturated heterocycles. The molecule has 3 rings (SSSR count). The van der Waals surface area contributed by atoms with Crippen LogP contribution >= 0.6 is 11.3 Å². The van der Waals surface area contributed by atoms with Gasteiger partial charge in [-0.2, -0.15) is 5.10 Å². The number of carbonyl (C=O) groups excluding carboxylic acids is 1. The van der Waals surface area contributed by atoms with Gasteiger partial charge in [0.25, 0.3) is 0 Å². The van der Waals surface area contributed by atoms with E-state index < -0.39 is 6.09 Å². The number of amides is 2. The van der Waals surface area contributed by atoms with E-state index in [1.165, 1.54) is 11.3 Å². The number of anilines is 1. The highest BCUT2D eigenvalue weighted by atomic mass is 32.1. The van der Waals surface area contributed by atoms with Crippen LogP contribution in [0.5, 0.6) is 0 Å². The fraction of sp³-hybridized carbons (Fsp3) is 0.600. The van der Waals surface area contributed by atoms with Gasteiger partial charge < -0.3 is 15.3 Å². The number of nitrogens with one attached hydrogen (secondary N) is 2. The van der Waals surface area contributed by atoms with Gasteiger partial charge in [-0.3, -0.25) is 9.89 Å². The number of H-pyrrole nitrogens is 1. The van der Waals surface area contributed by atoms with E-state index in [4.69, 9.17) is 0 Å². The second-order valence-corrected chi connectivity index (χ2v) is 9.21. The summed E-state index contributed by atoms with van der Waals surface area (Å²) >= 11 is 1.51. The minimum atomic E-state index is -0.841. The standard InChI is InChI=1S/C20H29N5O3S/c1-4-12(2)11-25(20(27)28)15-6-5-14(7-15)17-9-18(24-23-17)22-19(26)8-16-10-21-13(3)29-16/h9-10,12,14-15H,4-8,11H2,1-3H3,(H,27,28)(H2,22,23,24,26)/t12?,14-,15+/m0/s1. The molecule has 1 unspecified atom stereocenters. The number of carboxylic acid groups (broad SMARTS) is 1. The van der Waals surface area contributed by atoms with Crippen LogP contribution in [-0.2, 0) is 11.2 Å². The van der Waals surface area contributed by atoms with Crippen LogP contribution in [0.15, 0.2) is 12.3 Å². The number of hydrogen-bond acceptors (Lipinski definition) is 5. The smallest absolute Gasteiger partial charge is 0.407 e. The molecule has 3 atom stereocenters. The highest BCUT2D eigenvalue weighted by Gasteiger charge is 2.34. The summed E-state index contributed by atoms with van der Waals surface area (Å²) in [5.74, 6) is 0.952. The van der Waals surface area contributed by atoms with Crippen LogP contribution in [0, 0.1) is 12.8 Å². The number of carbonyl (C=O) groups is 2. The van der Waals surface area contributed by atoms with Crippen LogP contribution < -0.4 is 5.32 Å². The summed E-state index contributed by atoms with van der Waals surface area (Å²) in [6.45, 7) is 6.65. The molecule has 1 aliphatic rings. The van der Waals surface area contributed by atoms with Crippen molar-refractivity contribution in [2.45, 2.75) is 64.8 Å². The van der Waals surface area contributed by atoms with E-state index in [2.05, 4.69) is 34.3 Å². The first kappa shape index (κ1) is 21.3. The highest BCUT2D eigenvalue weighted by Crippen LogP contribution is 2.37. The minimum absolute atomic E-state index is 0.0300. The fourth-order valence-corrected chi connectivity index (χ4v) is 4.61. The second kappa shape index (κ2) is 9.39. The molecule has 0 spiro atoms. The maximum atomic E-state index is 12.2. The van der Waals surface area contributed by atoms with E-state index in [1.807, 2.05) is 13.0 Å². The first-order valence-corrected chi connectivity index (χ1v) is 10.9. The molecule has 1 aliphatic carbocycles. The van der Waals surface area contributed by atoms with Crippen LogP contribution in [0.4, 0.5) is 10.6 Å². The van der Waals surface area contributed by atoms with Gasteiger partial charge in [0.15, 0.2) is 5.82 Å². The van der Waals surface area contributed by atoms with Crippen LogP contribution in [0.3, 0.4) is 0 Å². The zero-order valence-electron chi connectivity index (χ0n) is 17.1. The maximum absolute atomic E-state index is 12.2. The fourth-order valence-electron chi connectivity index (χ4n) is 3.81.